The number of hydrogen-bond donors (Lipinski definition) is 0. The lowest BCUT2D eigenvalue weighted by molar-refractivity contribution is 0.218. The van der Waals surface area contributed by atoms with Crippen LogP contribution in [0, 0.1) is 0 Å². The summed E-state index contributed by atoms with van der Waals surface area (Å²) in [4.78, 5) is 5.19. The number of nitrogens with zero attached hydrogens (tertiary/aromatic N) is 1. The van der Waals surface area contributed by atoms with Crippen molar-refractivity contribution in [3.8, 4) is 0 Å². The van der Waals surface area contributed by atoms with Gasteiger partial charge in [0.2, 0.25) is 0 Å². The maximum Gasteiger partial charge on any atom is 0.0556 e. The molecule has 0 atom stereocenters. The monoisotopic (exact) mass is 247 g/mol. The minimum atomic E-state index is 0.777. The second kappa shape index (κ2) is 5.56. The van der Waals surface area contributed by atoms with Crippen LogP contribution in [0.1, 0.15) is 0 Å². The van der Waals surface area contributed by atoms with Crippen LogP contribution in [0.2, 0.25) is 0 Å². The molecule has 0 aliphatic heterocycles. The number of ether oxygens (including phenoxy) is 1. The Bertz CT molecular complexity index is 244. The van der Waals surface area contributed by atoms with Crippen molar-refractivity contribution in [3.63, 3.8) is 0 Å². The van der Waals surface area contributed by atoms with E-state index in [1.165, 1.54) is 4.90 Å². The first-order valence-electron chi connectivity index (χ1n) is 3.56. The Morgan fingerprint density at radius 3 is 3.17 bits per heavy atom. The molecule has 66 valence electrons. The third-order valence-electron chi connectivity index (χ3n) is 1.28. The second-order valence-corrected chi connectivity index (χ2v) is 4.14. The zero-order chi connectivity index (χ0) is 8.81. The van der Waals surface area contributed by atoms with E-state index in [-0.39, 0.29) is 0 Å². The van der Waals surface area contributed by atoms with Crippen LogP contribution >= 0.6 is 27.7 Å². The van der Waals surface area contributed by atoms with Gasteiger partial charge in [-0.25, -0.2) is 0 Å². The van der Waals surface area contributed by atoms with Crippen molar-refractivity contribution in [2.24, 2.45) is 0 Å². The number of aromatic nitrogens is 1. The van der Waals surface area contributed by atoms with Gasteiger partial charge in [-0.15, -0.1) is 11.8 Å². The fourth-order valence-corrected chi connectivity index (χ4v) is 2.13. The van der Waals surface area contributed by atoms with Gasteiger partial charge in [-0.2, -0.15) is 0 Å². The summed E-state index contributed by atoms with van der Waals surface area (Å²) in [5.41, 5.74) is 0. The molecule has 12 heavy (non-hydrogen) atoms. The molecule has 0 saturated carbocycles. The van der Waals surface area contributed by atoms with Gasteiger partial charge < -0.3 is 4.74 Å². The first-order chi connectivity index (χ1) is 5.84. The molecule has 0 aromatic carbocycles. The summed E-state index contributed by atoms with van der Waals surface area (Å²) < 4.78 is 6.00. The van der Waals surface area contributed by atoms with E-state index in [0.29, 0.717) is 0 Å². The molecule has 0 radical (unpaired) electrons. The SMILES string of the molecule is COCCSc1ccncc1Br. The van der Waals surface area contributed by atoms with Gasteiger partial charge in [-0.1, -0.05) is 0 Å². The van der Waals surface area contributed by atoms with Gasteiger partial charge in [0.15, 0.2) is 0 Å². The van der Waals surface area contributed by atoms with Gasteiger partial charge >= 0.3 is 0 Å². The molecular weight excluding hydrogens is 238 g/mol. The quantitative estimate of drug-likeness (QED) is 0.604. The summed E-state index contributed by atoms with van der Waals surface area (Å²) in [7, 11) is 1.71. The Kier molecular flexibility index (Phi) is 4.65. The maximum atomic E-state index is 4.95. The van der Waals surface area contributed by atoms with Crippen LogP contribution in [0.4, 0.5) is 0 Å². The van der Waals surface area contributed by atoms with Crippen molar-refractivity contribution in [2.75, 3.05) is 19.5 Å². The fourth-order valence-electron chi connectivity index (χ4n) is 0.714. The molecule has 0 saturated heterocycles. The summed E-state index contributed by atoms with van der Waals surface area (Å²) >= 11 is 5.18. The van der Waals surface area contributed by atoms with Crippen molar-refractivity contribution in [3.05, 3.63) is 22.9 Å². The van der Waals surface area contributed by atoms with E-state index in [0.717, 1.165) is 16.8 Å². The van der Waals surface area contributed by atoms with E-state index in [9.17, 15) is 0 Å². The van der Waals surface area contributed by atoms with Crippen LogP contribution in [0.25, 0.3) is 0 Å². The van der Waals surface area contributed by atoms with Crippen molar-refractivity contribution >= 4 is 27.7 Å². The minimum absolute atomic E-state index is 0.777. The number of methoxy groups -OCH3 is 1. The zero-order valence-corrected chi connectivity index (χ0v) is 9.19. The molecule has 1 rings (SSSR count). The lowest BCUT2D eigenvalue weighted by Crippen LogP contribution is -1.91. The molecule has 1 heterocycles. The van der Waals surface area contributed by atoms with Crippen molar-refractivity contribution in [1.29, 1.82) is 0 Å². The third-order valence-corrected chi connectivity index (χ3v) is 3.21. The molecule has 0 N–H and O–H groups in total. The van der Waals surface area contributed by atoms with E-state index in [4.69, 9.17) is 4.74 Å². The Hall–Kier alpha value is -0.0600. The molecule has 0 bridgehead atoms. The van der Waals surface area contributed by atoms with E-state index in [1.54, 1.807) is 31.3 Å². The van der Waals surface area contributed by atoms with Gasteiger partial charge in [0.05, 0.1) is 6.61 Å². The average Bonchev–Trinajstić information content (AvgIpc) is 2.09. The summed E-state index contributed by atoms with van der Waals surface area (Å²) in [6.07, 6.45) is 3.59. The smallest absolute Gasteiger partial charge is 0.0556 e. The molecule has 1 aromatic rings. The molecule has 0 unspecified atom stereocenters. The topological polar surface area (TPSA) is 22.1 Å². The summed E-state index contributed by atoms with van der Waals surface area (Å²) in [5.74, 6) is 0.971. The zero-order valence-electron chi connectivity index (χ0n) is 6.79. The van der Waals surface area contributed by atoms with E-state index < -0.39 is 0 Å². The van der Waals surface area contributed by atoms with Crippen molar-refractivity contribution in [2.45, 2.75) is 4.90 Å². The Balaban J connectivity index is 2.46. The summed E-state index contributed by atoms with van der Waals surface area (Å²) in [6.45, 7) is 0.777. The van der Waals surface area contributed by atoms with E-state index in [2.05, 4.69) is 20.9 Å². The Morgan fingerprint density at radius 1 is 1.67 bits per heavy atom. The predicted octanol–water partition coefficient (Wildman–Crippen LogP) is 2.58. The Morgan fingerprint density at radius 2 is 2.50 bits per heavy atom. The number of halogens is 1. The molecule has 1 aromatic heterocycles. The highest BCUT2D eigenvalue weighted by atomic mass is 79.9. The number of hydrogen-bond acceptors (Lipinski definition) is 3. The van der Waals surface area contributed by atoms with Gasteiger partial charge in [0.25, 0.3) is 0 Å². The second-order valence-electron chi connectivity index (χ2n) is 2.15. The van der Waals surface area contributed by atoms with Gasteiger partial charge in [0, 0.05) is 34.6 Å². The number of pyridine rings is 1. The first-order valence-corrected chi connectivity index (χ1v) is 5.33. The largest absolute Gasteiger partial charge is 0.384 e. The minimum Gasteiger partial charge on any atom is -0.384 e. The molecule has 4 heteroatoms. The first kappa shape index (κ1) is 10.0. The normalized spacial score (nSPS) is 10.2. The molecule has 2 nitrogen and oxygen atoms in total. The summed E-state index contributed by atoms with van der Waals surface area (Å²) in [6, 6.07) is 1.99. The molecule has 0 amide bonds. The van der Waals surface area contributed by atoms with Crippen LogP contribution in [0.5, 0.6) is 0 Å². The summed E-state index contributed by atoms with van der Waals surface area (Å²) in [5, 5.41) is 0. The van der Waals surface area contributed by atoms with Crippen molar-refractivity contribution < 1.29 is 4.74 Å². The molecule has 0 aliphatic carbocycles. The van der Waals surface area contributed by atoms with Gasteiger partial charge in [-0.05, 0) is 22.0 Å². The molecule has 0 spiro atoms. The molecule has 0 fully saturated rings. The highest BCUT2D eigenvalue weighted by Gasteiger charge is 1.98. The predicted molar refractivity (Wildman–Crippen MR) is 54.5 cm³/mol. The lowest BCUT2D eigenvalue weighted by Gasteiger charge is -2.01. The van der Waals surface area contributed by atoms with E-state index >= 15 is 0 Å². The van der Waals surface area contributed by atoms with Crippen LogP contribution in [0.15, 0.2) is 27.8 Å². The van der Waals surface area contributed by atoms with E-state index in [1.807, 2.05) is 6.07 Å². The average molecular weight is 248 g/mol. The van der Waals surface area contributed by atoms with Crippen molar-refractivity contribution in [1.82, 2.24) is 4.98 Å². The fraction of sp³-hybridized carbons (Fsp3) is 0.375. The number of rotatable bonds is 4. The Labute approximate surface area is 84.9 Å². The third kappa shape index (κ3) is 3.13. The maximum absolute atomic E-state index is 4.95. The highest BCUT2D eigenvalue weighted by molar-refractivity contribution is 9.10. The van der Waals surface area contributed by atoms with Crippen LogP contribution in [0.3, 0.4) is 0 Å². The number of thioether (sulfide) groups is 1. The molecule has 0 aliphatic rings. The van der Waals surface area contributed by atoms with Gasteiger partial charge in [-0.3, -0.25) is 4.98 Å². The van der Waals surface area contributed by atoms with Gasteiger partial charge in [0.1, 0.15) is 0 Å². The standard InChI is InChI=1S/C8H10BrNOS/c1-11-4-5-12-8-2-3-10-6-7(8)9/h2-3,6H,4-5H2,1H3. The lowest BCUT2D eigenvalue weighted by atomic mass is 10.5. The molecular formula is C8H10BrNOS. The van der Waals surface area contributed by atoms with Crippen LogP contribution < -0.4 is 0 Å². The van der Waals surface area contributed by atoms with Crippen LogP contribution in [-0.4, -0.2) is 24.5 Å². The highest BCUT2D eigenvalue weighted by Crippen LogP contribution is 2.25. The van der Waals surface area contributed by atoms with Crippen LogP contribution in [-0.2, 0) is 4.74 Å².